The summed E-state index contributed by atoms with van der Waals surface area (Å²) < 4.78 is 5.79. The van der Waals surface area contributed by atoms with Crippen molar-refractivity contribution in [3.05, 3.63) is 28.5 Å². The van der Waals surface area contributed by atoms with Crippen molar-refractivity contribution in [2.75, 3.05) is 0 Å². The SMILES string of the molecule is CCCn1nccc1C(O)c1snnc1C(C)C. The lowest BCUT2D eigenvalue weighted by molar-refractivity contribution is 0.209. The van der Waals surface area contributed by atoms with Crippen molar-refractivity contribution >= 4 is 11.5 Å². The van der Waals surface area contributed by atoms with E-state index in [1.54, 1.807) is 6.20 Å². The number of aliphatic hydroxyl groups excluding tert-OH is 1. The first-order valence-electron chi connectivity index (χ1n) is 6.17. The van der Waals surface area contributed by atoms with Crippen molar-refractivity contribution in [3.63, 3.8) is 0 Å². The molecule has 0 aliphatic carbocycles. The first-order chi connectivity index (χ1) is 8.65. The van der Waals surface area contributed by atoms with Gasteiger partial charge < -0.3 is 5.11 Å². The summed E-state index contributed by atoms with van der Waals surface area (Å²) in [4.78, 5) is 0.822. The van der Waals surface area contributed by atoms with Gasteiger partial charge in [0.25, 0.3) is 0 Å². The quantitative estimate of drug-likeness (QED) is 0.902. The monoisotopic (exact) mass is 266 g/mol. The molecule has 6 heteroatoms. The van der Waals surface area contributed by atoms with Crippen LogP contribution in [0.4, 0.5) is 0 Å². The third kappa shape index (κ3) is 2.44. The average Bonchev–Trinajstić information content (AvgIpc) is 2.96. The van der Waals surface area contributed by atoms with Gasteiger partial charge in [-0.1, -0.05) is 25.3 Å². The van der Waals surface area contributed by atoms with Crippen LogP contribution in [0, 0.1) is 0 Å². The lowest BCUT2D eigenvalue weighted by Gasteiger charge is -2.13. The number of nitrogens with zero attached hydrogens (tertiary/aromatic N) is 4. The van der Waals surface area contributed by atoms with Crippen LogP contribution in [0.5, 0.6) is 0 Å². The predicted molar refractivity (Wildman–Crippen MR) is 70.6 cm³/mol. The standard InChI is InChI=1S/C12H18N4OS/c1-4-7-16-9(5-6-13-16)11(17)12-10(8(2)3)14-15-18-12/h5-6,8,11,17H,4,7H2,1-3H3. The Morgan fingerprint density at radius 2 is 2.22 bits per heavy atom. The number of hydrogen-bond acceptors (Lipinski definition) is 5. The summed E-state index contributed by atoms with van der Waals surface area (Å²) in [5.41, 5.74) is 1.68. The summed E-state index contributed by atoms with van der Waals surface area (Å²) in [6.07, 6.45) is 2.02. The van der Waals surface area contributed by atoms with Crippen LogP contribution < -0.4 is 0 Å². The molecule has 0 aromatic carbocycles. The first-order valence-corrected chi connectivity index (χ1v) is 6.94. The lowest BCUT2D eigenvalue weighted by atomic mass is 10.1. The molecule has 2 aromatic rings. The molecule has 18 heavy (non-hydrogen) atoms. The van der Waals surface area contributed by atoms with Crippen LogP contribution in [-0.2, 0) is 6.54 Å². The Morgan fingerprint density at radius 1 is 1.44 bits per heavy atom. The zero-order valence-electron chi connectivity index (χ0n) is 10.9. The van der Waals surface area contributed by atoms with Gasteiger partial charge in [-0.25, -0.2) is 0 Å². The Labute approximate surface area is 111 Å². The molecule has 1 unspecified atom stereocenters. The Bertz CT molecular complexity index is 506. The van der Waals surface area contributed by atoms with Crippen LogP contribution in [0.15, 0.2) is 12.3 Å². The van der Waals surface area contributed by atoms with Crippen LogP contribution in [0.25, 0.3) is 0 Å². The van der Waals surface area contributed by atoms with Crippen molar-refractivity contribution < 1.29 is 5.11 Å². The second-order valence-electron chi connectivity index (χ2n) is 4.56. The Hall–Kier alpha value is -1.27. The molecule has 2 rings (SSSR count). The third-order valence-corrected chi connectivity index (χ3v) is 3.59. The van der Waals surface area contributed by atoms with E-state index in [1.807, 2.05) is 10.7 Å². The molecule has 1 N–H and O–H groups in total. The first kappa shape index (κ1) is 13.2. The minimum atomic E-state index is -0.684. The highest BCUT2D eigenvalue weighted by atomic mass is 32.1. The number of aromatic nitrogens is 4. The summed E-state index contributed by atoms with van der Waals surface area (Å²) in [6.45, 7) is 7.00. The summed E-state index contributed by atoms with van der Waals surface area (Å²) in [5, 5.41) is 18.8. The van der Waals surface area contributed by atoms with Crippen molar-refractivity contribution in [1.82, 2.24) is 19.4 Å². The van der Waals surface area contributed by atoms with E-state index in [4.69, 9.17) is 0 Å². The fourth-order valence-electron chi connectivity index (χ4n) is 1.90. The van der Waals surface area contributed by atoms with Gasteiger partial charge in [-0.2, -0.15) is 5.10 Å². The lowest BCUT2D eigenvalue weighted by Crippen LogP contribution is -2.10. The molecule has 2 heterocycles. The van der Waals surface area contributed by atoms with Gasteiger partial charge in [-0.15, -0.1) is 5.10 Å². The summed E-state index contributed by atoms with van der Waals surface area (Å²) in [7, 11) is 0. The molecule has 0 aliphatic rings. The molecule has 0 fully saturated rings. The molecule has 0 bridgehead atoms. The average molecular weight is 266 g/mol. The second-order valence-corrected chi connectivity index (χ2v) is 5.34. The van der Waals surface area contributed by atoms with Gasteiger partial charge in [0.2, 0.25) is 0 Å². The zero-order chi connectivity index (χ0) is 13.1. The molecule has 5 nitrogen and oxygen atoms in total. The van der Waals surface area contributed by atoms with Gasteiger partial charge in [0.05, 0.1) is 16.3 Å². The molecule has 0 radical (unpaired) electrons. The highest BCUT2D eigenvalue weighted by Gasteiger charge is 2.23. The highest BCUT2D eigenvalue weighted by Crippen LogP contribution is 2.30. The van der Waals surface area contributed by atoms with E-state index in [-0.39, 0.29) is 5.92 Å². The molecular formula is C12H18N4OS. The van der Waals surface area contributed by atoms with Gasteiger partial charge in [0, 0.05) is 12.7 Å². The number of aliphatic hydroxyl groups is 1. The van der Waals surface area contributed by atoms with Crippen molar-refractivity contribution in [2.45, 2.75) is 45.8 Å². The fraction of sp³-hybridized carbons (Fsp3) is 0.583. The highest BCUT2D eigenvalue weighted by molar-refractivity contribution is 7.05. The van der Waals surface area contributed by atoms with Gasteiger partial charge >= 0.3 is 0 Å². The Balaban J connectivity index is 2.32. The summed E-state index contributed by atoms with van der Waals surface area (Å²) in [5.74, 6) is 0.260. The van der Waals surface area contributed by atoms with Crippen LogP contribution >= 0.6 is 11.5 Å². The molecule has 1 atom stereocenters. The minimum absolute atomic E-state index is 0.260. The van der Waals surface area contributed by atoms with E-state index in [2.05, 4.69) is 35.5 Å². The molecule has 0 saturated heterocycles. The molecule has 0 amide bonds. The van der Waals surface area contributed by atoms with E-state index in [0.717, 1.165) is 29.2 Å². The van der Waals surface area contributed by atoms with Gasteiger partial charge in [-0.3, -0.25) is 4.68 Å². The van der Waals surface area contributed by atoms with Crippen LogP contribution in [0.3, 0.4) is 0 Å². The minimum Gasteiger partial charge on any atom is -0.381 e. The second kappa shape index (κ2) is 5.58. The molecule has 98 valence electrons. The fourth-order valence-corrected chi connectivity index (χ4v) is 2.71. The topological polar surface area (TPSA) is 63.8 Å². The van der Waals surface area contributed by atoms with Crippen molar-refractivity contribution in [2.24, 2.45) is 0 Å². The maximum atomic E-state index is 10.5. The molecule has 0 aliphatic heterocycles. The smallest absolute Gasteiger partial charge is 0.133 e. The normalized spacial score (nSPS) is 13.2. The molecule has 0 saturated carbocycles. The van der Waals surface area contributed by atoms with E-state index >= 15 is 0 Å². The number of hydrogen-bond donors (Lipinski definition) is 1. The molecule has 2 aromatic heterocycles. The Morgan fingerprint density at radius 3 is 2.89 bits per heavy atom. The maximum absolute atomic E-state index is 10.5. The van der Waals surface area contributed by atoms with E-state index in [1.165, 1.54) is 11.5 Å². The number of aryl methyl sites for hydroxylation is 1. The number of rotatable bonds is 5. The largest absolute Gasteiger partial charge is 0.381 e. The van der Waals surface area contributed by atoms with Crippen molar-refractivity contribution in [3.8, 4) is 0 Å². The van der Waals surface area contributed by atoms with E-state index < -0.39 is 6.10 Å². The van der Waals surface area contributed by atoms with Crippen LogP contribution in [-0.4, -0.2) is 24.5 Å². The third-order valence-electron chi connectivity index (χ3n) is 2.80. The Kier molecular flexibility index (Phi) is 4.08. The van der Waals surface area contributed by atoms with Crippen LogP contribution in [0.2, 0.25) is 0 Å². The van der Waals surface area contributed by atoms with E-state index in [0.29, 0.717) is 0 Å². The summed E-state index contributed by atoms with van der Waals surface area (Å²) >= 11 is 1.26. The zero-order valence-corrected chi connectivity index (χ0v) is 11.7. The predicted octanol–water partition coefficient (Wildman–Crippen LogP) is 2.35. The van der Waals surface area contributed by atoms with Gasteiger partial charge in [0.15, 0.2) is 0 Å². The van der Waals surface area contributed by atoms with Gasteiger partial charge in [0.1, 0.15) is 6.10 Å². The van der Waals surface area contributed by atoms with Gasteiger partial charge in [-0.05, 0) is 29.9 Å². The maximum Gasteiger partial charge on any atom is 0.133 e. The van der Waals surface area contributed by atoms with Crippen LogP contribution in [0.1, 0.15) is 55.5 Å². The summed E-state index contributed by atoms with van der Waals surface area (Å²) in [6, 6.07) is 1.85. The van der Waals surface area contributed by atoms with Crippen molar-refractivity contribution in [1.29, 1.82) is 0 Å². The molecular weight excluding hydrogens is 248 g/mol. The molecule has 0 spiro atoms. The van der Waals surface area contributed by atoms with E-state index in [9.17, 15) is 5.11 Å².